The van der Waals surface area contributed by atoms with Crippen molar-refractivity contribution in [2.45, 2.75) is 17.9 Å². The third kappa shape index (κ3) is 3.93. The lowest BCUT2D eigenvalue weighted by molar-refractivity contribution is 0.180. The van der Waals surface area contributed by atoms with Crippen LogP contribution in [0.15, 0.2) is 23.2 Å². The van der Waals surface area contributed by atoms with E-state index in [1.807, 2.05) is 0 Å². The number of sulfonamides is 1. The number of nitrogens with two attached hydrogens (primary N) is 1. The quantitative estimate of drug-likeness (QED) is 0.478. The maximum atomic E-state index is 11.9. The van der Waals surface area contributed by atoms with Crippen molar-refractivity contribution < 1.29 is 13.2 Å². The molecule has 0 bridgehead atoms. The van der Waals surface area contributed by atoms with Gasteiger partial charge in [0.05, 0.1) is 11.5 Å². The Morgan fingerprint density at radius 2 is 2.29 bits per heavy atom. The number of nitrogens with one attached hydrogen (secondary N) is 2. The molecule has 4 N–H and O–H groups in total. The smallest absolute Gasteiger partial charge is 0.241 e. The van der Waals surface area contributed by atoms with Gasteiger partial charge in [0.1, 0.15) is 5.82 Å². The van der Waals surface area contributed by atoms with Gasteiger partial charge in [-0.3, -0.25) is 0 Å². The Morgan fingerprint density at radius 3 is 2.88 bits per heavy atom. The number of rotatable bonds is 6. The summed E-state index contributed by atoms with van der Waals surface area (Å²) in [6.07, 6.45) is 1.37. The lowest BCUT2D eigenvalue weighted by Crippen LogP contribution is -2.35. The average molecular weight is 260 g/mol. The molecule has 0 fully saturated rings. The van der Waals surface area contributed by atoms with Crippen LogP contribution in [-0.4, -0.2) is 33.2 Å². The van der Waals surface area contributed by atoms with E-state index >= 15 is 0 Å². The standard InChI is InChI=1S/C9H16N4O3S/c1-7(6-16-2)13-17(14,15)8-3-4-11-9(5-8)12-10/h3-5,7,13H,6,10H2,1-2H3,(H,11,12). The zero-order valence-corrected chi connectivity index (χ0v) is 10.5. The molecule has 17 heavy (non-hydrogen) atoms. The van der Waals surface area contributed by atoms with Crippen LogP contribution in [0.3, 0.4) is 0 Å². The molecule has 1 rings (SSSR count). The molecule has 1 aromatic rings. The second kappa shape index (κ2) is 5.92. The molecule has 0 amide bonds. The summed E-state index contributed by atoms with van der Waals surface area (Å²) in [4.78, 5) is 3.93. The Labute approximate surface area is 100 Å². The molecular formula is C9H16N4O3S. The molecule has 0 spiro atoms. The van der Waals surface area contributed by atoms with Gasteiger partial charge < -0.3 is 10.2 Å². The SMILES string of the molecule is COCC(C)NS(=O)(=O)c1ccnc(NN)c1. The maximum Gasteiger partial charge on any atom is 0.241 e. The number of hydrogen-bond acceptors (Lipinski definition) is 6. The van der Waals surface area contributed by atoms with Crippen molar-refractivity contribution in [1.29, 1.82) is 0 Å². The second-order valence-corrected chi connectivity index (χ2v) is 5.21. The third-order valence-electron chi connectivity index (χ3n) is 1.96. The fourth-order valence-corrected chi connectivity index (χ4v) is 2.51. The molecule has 1 aromatic heterocycles. The molecule has 0 aromatic carbocycles. The van der Waals surface area contributed by atoms with Gasteiger partial charge in [0.15, 0.2) is 0 Å². The highest BCUT2D eigenvalue weighted by atomic mass is 32.2. The van der Waals surface area contributed by atoms with Crippen LogP contribution in [-0.2, 0) is 14.8 Å². The van der Waals surface area contributed by atoms with Gasteiger partial charge in [-0.15, -0.1) is 0 Å². The van der Waals surface area contributed by atoms with Crippen molar-refractivity contribution in [3.63, 3.8) is 0 Å². The van der Waals surface area contributed by atoms with Gasteiger partial charge in [0.2, 0.25) is 10.0 Å². The summed E-state index contributed by atoms with van der Waals surface area (Å²) >= 11 is 0. The van der Waals surface area contributed by atoms with Gasteiger partial charge in [0, 0.05) is 25.4 Å². The van der Waals surface area contributed by atoms with Crippen molar-refractivity contribution >= 4 is 15.8 Å². The average Bonchev–Trinajstić information content (AvgIpc) is 2.28. The van der Waals surface area contributed by atoms with Gasteiger partial charge >= 0.3 is 0 Å². The van der Waals surface area contributed by atoms with E-state index in [-0.39, 0.29) is 16.8 Å². The van der Waals surface area contributed by atoms with Crippen molar-refractivity contribution in [2.75, 3.05) is 19.1 Å². The number of methoxy groups -OCH3 is 1. The number of hydrogen-bond donors (Lipinski definition) is 3. The summed E-state index contributed by atoms with van der Waals surface area (Å²) in [5, 5.41) is 0. The predicted molar refractivity (Wildman–Crippen MR) is 63.7 cm³/mol. The van der Waals surface area contributed by atoms with Crippen LogP contribution in [0.1, 0.15) is 6.92 Å². The molecule has 8 heteroatoms. The molecule has 0 aliphatic heterocycles. The minimum Gasteiger partial charge on any atom is -0.383 e. The molecule has 1 unspecified atom stereocenters. The van der Waals surface area contributed by atoms with Gasteiger partial charge in [0.25, 0.3) is 0 Å². The molecule has 1 heterocycles. The molecule has 0 saturated carbocycles. The van der Waals surface area contributed by atoms with Crippen molar-refractivity contribution in [2.24, 2.45) is 5.84 Å². The fraction of sp³-hybridized carbons (Fsp3) is 0.444. The summed E-state index contributed by atoms with van der Waals surface area (Å²) in [5.74, 6) is 5.45. The van der Waals surface area contributed by atoms with Crippen molar-refractivity contribution in [3.05, 3.63) is 18.3 Å². The molecule has 0 saturated heterocycles. The molecular weight excluding hydrogens is 244 g/mol. The van der Waals surface area contributed by atoms with Crippen molar-refractivity contribution in [3.8, 4) is 0 Å². The highest BCUT2D eigenvalue weighted by molar-refractivity contribution is 7.89. The zero-order valence-electron chi connectivity index (χ0n) is 9.67. The lowest BCUT2D eigenvalue weighted by atomic mass is 10.4. The molecule has 0 aliphatic carbocycles. The molecule has 0 aliphatic rings. The minimum absolute atomic E-state index is 0.100. The summed E-state index contributed by atoms with van der Waals surface area (Å²) in [5.41, 5.74) is 2.29. The Morgan fingerprint density at radius 1 is 1.59 bits per heavy atom. The van der Waals surface area contributed by atoms with Crippen LogP contribution in [0.5, 0.6) is 0 Å². The summed E-state index contributed by atoms with van der Waals surface area (Å²) in [7, 11) is -2.07. The van der Waals surface area contributed by atoms with E-state index in [1.165, 1.54) is 25.4 Å². The lowest BCUT2D eigenvalue weighted by Gasteiger charge is -2.13. The Balaban J connectivity index is 2.89. The Bertz CT molecular complexity index is 463. The van der Waals surface area contributed by atoms with E-state index in [0.29, 0.717) is 6.61 Å². The highest BCUT2D eigenvalue weighted by Crippen LogP contribution is 2.12. The van der Waals surface area contributed by atoms with E-state index in [4.69, 9.17) is 10.6 Å². The van der Waals surface area contributed by atoms with Crippen LogP contribution in [0.25, 0.3) is 0 Å². The van der Waals surface area contributed by atoms with Gasteiger partial charge in [-0.2, -0.15) is 0 Å². The van der Waals surface area contributed by atoms with Crippen LogP contribution in [0.4, 0.5) is 5.82 Å². The first-order valence-electron chi connectivity index (χ1n) is 4.93. The van der Waals surface area contributed by atoms with Crippen LogP contribution >= 0.6 is 0 Å². The van der Waals surface area contributed by atoms with E-state index in [9.17, 15) is 8.42 Å². The van der Waals surface area contributed by atoms with Crippen LogP contribution in [0, 0.1) is 0 Å². The number of aromatic nitrogens is 1. The second-order valence-electron chi connectivity index (χ2n) is 3.50. The third-order valence-corrected chi connectivity index (χ3v) is 3.55. The van der Waals surface area contributed by atoms with E-state index < -0.39 is 10.0 Å². The molecule has 7 nitrogen and oxygen atoms in total. The van der Waals surface area contributed by atoms with Crippen LogP contribution in [0.2, 0.25) is 0 Å². The molecule has 0 radical (unpaired) electrons. The summed E-state index contributed by atoms with van der Waals surface area (Å²) in [6.45, 7) is 2.01. The minimum atomic E-state index is -3.58. The van der Waals surface area contributed by atoms with Gasteiger partial charge in [-0.25, -0.2) is 24.0 Å². The number of nitrogens with zero attached hydrogens (tertiary/aromatic N) is 1. The normalized spacial score (nSPS) is 13.4. The number of anilines is 1. The zero-order chi connectivity index (χ0) is 12.9. The summed E-state index contributed by atoms with van der Waals surface area (Å²) < 4.78 is 31.2. The largest absolute Gasteiger partial charge is 0.383 e. The first kappa shape index (κ1) is 13.8. The van der Waals surface area contributed by atoms with Gasteiger partial charge in [-0.1, -0.05) is 0 Å². The summed E-state index contributed by atoms with van der Waals surface area (Å²) in [6, 6.07) is 2.43. The highest BCUT2D eigenvalue weighted by Gasteiger charge is 2.17. The monoisotopic (exact) mass is 260 g/mol. The number of nitrogen functional groups attached to an aromatic ring is 1. The molecule has 96 valence electrons. The van der Waals surface area contributed by atoms with E-state index in [0.717, 1.165) is 0 Å². The van der Waals surface area contributed by atoms with Crippen LogP contribution < -0.4 is 16.0 Å². The van der Waals surface area contributed by atoms with E-state index in [1.54, 1.807) is 6.92 Å². The Kier molecular flexibility index (Phi) is 4.82. The van der Waals surface area contributed by atoms with Gasteiger partial charge in [-0.05, 0) is 13.0 Å². The van der Waals surface area contributed by atoms with E-state index in [2.05, 4.69) is 15.1 Å². The molecule has 1 atom stereocenters. The first-order chi connectivity index (χ1) is 7.99. The van der Waals surface area contributed by atoms with Crippen molar-refractivity contribution in [1.82, 2.24) is 9.71 Å². The predicted octanol–water partition coefficient (Wildman–Crippen LogP) is -0.320. The Hall–Kier alpha value is -1.22. The topological polar surface area (TPSA) is 106 Å². The number of pyridine rings is 1. The first-order valence-corrected chi connectivity index (χ1v) is 6.42. The maximum absolute atomic E-state index is 11.9. The fourth-order valence-electron chi connectivity index (χ4n) is 1.27. The number of hydrazine groups is 1. The number of ether oxygens (including phenoxy) is 1.